The Morgan fingerprint density at radius 3 is 2.50 bits per heavy atom. The summed E-state index contributed by atoms with van der Waals surface area (Å²) < 4.78 is 0. The maximum atomic E-state index is 9.66. The molecule has 2 nitrogen and oxygen atoms in total. The smallest absolute Gasteiger partial charge is 0.119 e. The van der Waals surface area contributed by atoms with Gasteiger partial charge in [-0.1, -0.05) is 63.8 Å². The Labute approximate surface area is 140 Å². The second-order valence-electron chi connectivity index (χ2n) is 3.92. The van der Waals surface area contributed by atoms with Gasteiger partial charge >= 0.3 is 0 Å². The minimum Gasteiger partial charge on any atom is -0.508 e. The molecule has 0 bridgehead atoms. The maximum Gasteiger partial charge on any atom is 0.119 e. The van der Waals surface area contributed by atoms with Crippen LogP contribution in [0.1, 0.15) is 46.6 Å². The minimum atomic E-state index is 0. The first-order valence-electron chi connectivity index (χ1n) is 7.13. The number of rotatable bonds is 2. The Morgan fingerprint density at radius 2 is 2.05 bits per heavy atom. The molecule has 122 valence electrons. The van der Waals surface area contributed by atoms with Crippen LogP contribution >= 0.6 is 11.6 Å². The van der Waals surface area contributed by atoms with Gasteiger partial charge in [0, 0.05) is 23.5 Å². The van der Waals surface area contributed by atoms with Crippen molar-refractivity contribution in [1.82, 2.24) is 4.98 Å². The van der Waals surface area contributed by atoms with Gasteiger partial charge in [0.05, 0.1) is 5.02 Å². The van der Waals surface area contributed by atoms with E-state index in [-0.39, 0.29) is 7.43 Å². The zero-order valence-electron chi connectivity index (χ0n) is 13.0. The van der Waals surface area contributed by atoms with E-state index in [0.717, 1.165) is 24.0 Å². The van der Waals surface area contributed by atoms with Gasteiger partial charge < -0.3 is 5.11 Å². The van der Waals surface area contributed by atoms with Crippen LogP contribution in [-0.4, -0.2) is 10.1 Å². The van der Waals surface area contributed by atoms with Crippen LogP contribution in [-0.2, 0) is 0 Å². The van der Waals surface area contributed by atoms with Gasteiger partial charge in [-0.25, -0.2) is 0 Å². The Morgan fingerprint density at radius 1 is 1.36 bits per heavy atom. The molecule has 1 N–H and O–H groups in total. The predicted octanol–water partition coefficient (Wildman–Crippen LogP) is 6.76. The van der Waals surface area contributed by atoms with Crippen molar-refractivity contribution in [2.24, 2.45) is 0 Å². The Bertz CT molecular complexity index is 516. The summed E-state index contributed by atoms with van der Waals surface area (Å²) in [6, 6.07) is 1.83. The average molecular weight is 322 g/mol. The van der Waals surface area contributed by atoms with Crippen molar-refractivity contribution >= 4 is 17.2 Å². The molecular formula is C19H28ClNO. The molecule has 1 aromatic rings. The lowest BCUT2D eigenvalue weighted by atomic mass is 9.97. The number of aromatic nitrogens is 1. The molecule has 0 fully saturated rings. The molecule has 0 spiro atoms. The summed E-state index contributed by atoms with van der Waals surface area (Å²) in [6.07, 6.45) is 14.3. The number of halogens is 1. The molecule has 0 aromatic carbocycles. The van der Waals surface area contributed by atoms with Gasteiger partial charge in [0.2, 0.25) is 0 Å². The van der Waals surface area contributed by atoms with Crippen LogP contribution in [0.4, 0.5) is 0 Å². The molecule has 0 saturated heterocycles. The van der Waals surface area contributed by atoms with Crippen LogP contribution in [0.5, 0.6) is 0 Å². The highest BCUT2D eigenvalue weighted by Gasteiger charge is 2.12. The van der Waals surface area contributed by atoms with Crippen molar-refractivity contribution < 1.29 is 5.11 Å². The molecule has 1 heterocycles. The lowest BCUT2D eigenvalue weighted by Gasteiger charge is -2.12. The normalized spacial score (nSPS) is 12.5. The first kappa shape index (κ1) is 22.5. The van der Waals surface area contributed by atoms with Gasteiger partial charge in [-0.3, -0.25) is 4.98 Å². The number of aliphatic hydroxyl groups is 1. The molecule has 0 amide bonds. The lowest BCUT2D eigenvalue weighted by Crippen LogP contribution is -1.95. The van der Waals surface area contributed by atoms with Crippen molar-refractivity contribution in [3.05, 3.63) is 71.8 Å². The first-order valence-corrected chi connectivity index (χ1v) is 7.50. The van der Waals surface area contributed by atoms with Crippen LogP contribution in [0.2, 0.25) is 5.02 Å². The van der Waals surface area contributed by atoms with Gasteiger partial charge in [0.1, 0.15) is 5.76 Å². The van der Waals surface area contributed by atoms with E-state index in [9.17, 15) is 5.11 Å². The number of hydrogen-bond acceptors (Lipinski definition) is 2. The Hall–Kier alpha value is -1.80. The van der Waals surface area contributed by atoms with Crippen molar-refractivity contribution in [1.29, 1.82) is 0 Å². The molecule has 0 saturated carbocycles. The van der Waals surface area contributed by atoms with E-state index in [1.54, 1.807) is 24.5 Å². The molecule has 2 rings (SSSR count). The van der Waals surface area contributed by atoms with E-state index in [2.05, 4.69) is 11.6 Å². The highest BCUT2D eigenvalue weighted by molar-refractivity contribution is 6.32. The number of hydrogen-bond donors (Lipinski definition) is 1. The average Bonchev–Trinajstić information content (AvgIpc) is 2.52. The van der Waals surface area contributed by atoms with Crippen LogP contribution < -0.4 is 0 Å². The van der Waals surface area contributed by atoms with Crippen LogP contribution in [0, 0.1) is 0 Å². The zero-order valence-corrected chi connectivity index (χ0v) is 13.8. The Kier molecular flexibility index (Phi) is 14.5. The predicted molar refractivity (Wildman–Crippen MR) is 100 cm³/mol. The van der Waals surface area contributed by atoms with Crippen LogP contribution in [0.25, 0.3) is 5.57 Å². The van der Waals surface area contributed by atoms with Gasteiger partial charge in [0.15, 0.2) is 0 Å². The van der Waals surface area contributed by atoms with Gasteiger partial charge in [-0.15, -0.1) is 0 Å². The second-order valence-corrected chi connectivity index (χ2v) is 4.33. The van der Waals surface area contributed by atoms with E-state index in [1.807, 2.05) is 45.1 Å². The molecule has 22 heavy (non-hydrogen) atoms. The fourth-order valence-electron chi connectivity index (χ4n) is 1.68. The summed E-state index contributed by atoms with van der Waals surface area (Å²) >= 11 is 5.99. The summed E-state index contributed by atoms with van der Waals surface area (Å²) in [5.74, 6) is 0.310. The summed E-state index contributed by atoms with van der Waals surface area (Å²) in [6.45, 7) is 9.42. The molecule has 0 unspecified atom stereocenters. The molecule has 0 atom stereocenters. The quantitative estimate of drug-likeness (QED) is 0.610. The molecule has 1 aromatic heterocycles. The second kappa shape index (κ2) is 14.2. The van der Waals surface area contributed by atoms with E-state index in [4.69, 9.17) is 11.6 Å². The number of pyridine rings is 1. The van der Waals surface area contributed by atoms with E-state index >= 15 is 0 Å². The van der Waals surface area contributed by atoms with Crippen molar-refractivity contribution in [3.8, 4) is 0 Å². The third-order valence-corrected chi connectivity index (χ3v) is 2.87. The van der Waals surface area contributed by atoms with Crippen molar-refractivity contribution in [2.45, 2.75) is 41.0 Å². The highest BCUT2D eigenvalue weighted by atomic mass is 35.5. The maximum absolute atomic E-state index is 9.66. The molecule has 3 heteroatoms. The largest absolute Gasteiger partial charge is 0.508 e. The SMILES string of the molecule is C.C=C/C=C\C.CC.OC1=C(c2ccncc2Cl)CCC=C1. The van der Waals surface area contributed by atoms with E-state index in [1.165, 1.54) is 0 Å². The zero-order chi connectivity index (χ0) is 16.1. The monoisotopic (exact) mass is 321 g/mol. The number of aliphatic hydroxyl groups excluding tert-OH is 1. The van der Waals surface area contributed by atoms with Crippen LogP contribution in [0.15, 0.2) is 61.2 Å². The topological polar surface area (TPSA) is 33.1 Å². The standard InChI is InChI=1S/C11H10ClNO.C5H8.C2H6.CH4/c12-10-7-13-6-5-8(10)9-3-1-2-4-11(9)14;1-3-5-4-2;1-2;/h2,4-7,14H,1,3H2;3-5H,1H2,2H3;1-2H3;1H4/b;5-4-;;. The summed E-state index contributed by atoms with van der Waals surface area (Å²) in [5.41, 5.74) is 1.78. The molecule has 1 aliphatic rings. The fraction of sp³-hybridized carbons (Fsp3) is 0.316. The molecule has 0 radical (unpaired) electrons. The lowest BCUT2D eigenvalue weighted by molar-refractivity contribution is 0.431. The Balaban J connectivity index is 0. The minimum absolute atomic E-state index is 0. The van der Waals surface area contributed by atoms with E-state index < -0.39 is 0 Å². The number of allylic oxidation sites excluding steroid dienone is 6. The first-order chi connectivity index (χ1) is 10.2. The van der Waals surface area contributed by atoms with Gasteiger partial charge in [-0.2, -0.15) is 0 Å². The highest BCUT2D eigenvalue weighted by Crippen LogP contribution is 2.31. The third kappa shape index (κ3) is 7.84. The molecule has 1 aliphatic carbocycles. The van der Waals surface area contributed by atoms with Gasteiger partial charge in [-0.05, 0) is 31.9 Å². The van der Waals surface area contributed by atoms with Gasteiger partial charge in [0.25, 0.3) is 0 Å². The fourth-order valence-corrected chi connectivity index (χ4v) is 1.91. The van der Waals surface area contributed by atoms with Crippen molar-refractivity contribution in [2.75, 3.05) is 0 Å². The summed E-state index contributed by atoms with van der Waals surface area (Å²) in [4.78, 5) is 3.91. The van der Waals surface area contributed by atoms with Crippen LogP contribution in [0.3, 0.4) is 0 Å². The summed E-state index contributed by atoms with van der Waals surface area (Å²) in [7, 11) is 0. The third-order valence-electron chi connectivity index (χ3n) is 2.57. The molecule has 0 aliphatic heterocycles. The molecular weight excluding hydrogens is 294 g/mol. The van der Waals surface area contributed by atoms with E-state index in [0.29, 0.717) is 10.8 Å². The number of nitrogens with zero attached hydrogens (tertiary/aromatic N) is 1. The van der Waals surface area contributed by atoms with Crippen molar-refractivity contribution in [3.63, 3.8) is 0 Å². The summed E-state index contributed by atoms with van der Waals surface area (Å²) in [5, 5.41) is 10.2.